The number of aryl methyl sites for hydroxylation is 2. The van der Waals surface area contributed by atoms with Gasteiger partial charge in [0.1, 0.15) is 17.4 Å². The molecule has 3 fully saturated rings. The van der Waals surface area contributed by atoms with Crippen LogP contribution in [0.4, 0.5) is 37.2 Å². The van der Waals surface area contributed by atoms with E-state index in [1.807, 2.05) is 121 Å². The fraction of sp³-hybridized carbons (Fsp3) is 0.283. The van der Waals surface area contributed by atoms with Gasteiger partial charge in [-0.15, -0.1) is 0 Å². The van der Waals surface area contributed by atoms with Crippen molar-refractivity contribution in [2.45, 2.75) is 96.3 Å². The predicted molar refractivity (Wildman–Crippen MR) is 577 cm³/mol. The third-order valence-corrected chi connectivity index (χ3v) is 26.0. The fourth-order valence-corrected chi connectivity index (χ4v) is 17.4. The average molecular weight is 1980 g/mol. The maximum Gasteiger partial charge on any atom is 0.258 e. The second kappa shape index (κ2) is 58.3. The summed E-state index contributed by atoms with van der Waals surface area (Å²) in [5, 5.41) is 16.3. The van der Waals surface area contributed by atoms with E-state index in [1.165, 1.54) is 47.5 Å². The molecule has 3 heterocycles. The number of likely N-dealkylation sites (N-methyl/N-ethyl adjacent to an activating group) is 3. The molecule has 145 heavy (non-hydrogen) atoms. The summed E-state index contributed by atoms with van der Waals surface area (Å²) in [4.78, 5) is 141. The number of carbonyl (C=O) groups is 10. The average Bonchev–Trinajstić information content (AvgIpc) is 0.796. The van der Waals surface area contributed by atoms with Gasteiger partial charge in [0.15, 0.2) is 28.9 Å². The Hall–Kier alpha value is -14.5. The van der Waals surface area contributed by atoms with Gasteiger partial charge in [-0.05, 0) is 254 Å². The molecule has 0 unspecified atom stereocenters. The van der Waals surface area contributed by atoms with E-state index in [-0.39, 0.29) is 57.8 Å². The Morgan fingerprint density at radius 1 is 0.269 bits per heavy atom. The zero-order chi connectivity index (χ0) is 102. The smallest absolute Gasteiger partial charge is 0.258 e. The first-order valence-corrected chi connectivity index (χ1v) is 50.2. The minimum Gasteiger partial charge on any atom is -0.497 e. The molecule has 0 aromatic heterocycles. The molecule has 5 amide bonds. The number of ether oxygens (including phenoxy) is 1. The van der Waals surface area contributed by atoms with Crippen molar-refractivity contribution in [1.29, 1.82) is 0 Å². The summed E-state index contributed by atoms with van der Waals surface area (Å²) in [6.45, 7) is 16.3. The molecule has 5 N–H and O–H groups in total. The van der Waals surface area contributed by atoms with Crippen LogP contribution in [0.3, 0.4) is 0 Å². The van der Waals surface area contributed by atoms with Crippen LogP contribution in [0, 0.1) is 11.6 Å². The lowest BCUT2D eigenvalue weighted by atomic mass is 10.0. The minimum absolute atomic E-state index is 0.00666. The Morgan fingerprint density at radius 3 is 0.883 bits per heavy atom. The van der Waals surface area contributed by atoms with Crippen LogP contribution in [0.15, 0.2) is 322 Å². The number of nitrogens with zero attached hydrogens (tertiary/aromatic N) is 6. The Kier molecular flexibility index (Phi) is 44.0. The number of ketones is 5. The molecular weight excluding hydrogens is 1840 g/mol. The molecule has 25 heteroatoms. The largest absolute Gasteiger partial charge is 0.497 e. The first-order chi connectivity index (χ1) is 70.5. The van der Waals surface area contributed by atoms with E-state index in [0.29, 0.717) is 116 Å². The lowest BCUT2D eigenvalue weighted by Crippen LogP contribution is -2.44. The number of nitrogens with one attached hydrogen (secondary N) is 5. The van der Waals surface area contributed by atoms with Crippen molar-refractivity contribution in [3.05, 3.63) is 405 Å². The zero-order valence-corrected chi connectivity index (χ0v) is 83.9. The number of methoxy groups -OCH3 is 1. The normalized spacial score (nSPS) is 13.3. The van der Waals surface area contributed by atoms with E-state index >= 15 is 0 Å². The monoisotopic (exact) mass is 1970 g/mol. The Morgan fingerprint density at radius 2 is 0.538 bits per heavy atom. The van der Waals surface area contributed by atoms with Gasteiger partial charge in [0.2, 0.25) is 0 Å². The van der Waals surface area contributed by atoms with Crippen molar-refractivity contribution in [3.63, 3.8) is 0 Å². The summed E-state index contributed by atoms with van der Waals surface area (Å²) in [5.74, 6) is -2.27. The highest BCUT2D eigenvalue weighted by Gasteiger charge is 2.25. The molecule has 13 aromatic rings. The molecule has 3 saturated heterocycles. The number of carbonyl (C=O) groups excluding carboxylic acids is 10. The van der Waals surface area contributed by atoms with Gasteiger partial charge in [-0.1, -0.05) is 206 Å². The predicted octanol–water partition coefficient (Wildman–Crippen LogP) is 23.0. The highest BCUT2D eigenvalue weighted by atomic mass is 35.5. The van der Waals surface area contributed by atoms with Crippen LogP contribution in [-0.2, 0) is 12.8 Å². The van der Waals surface area contributed by atoms with Crippen LogP contribution in [0.2, 0.25) is 5.02 Å². The lowest BCUT2D eigenvalue weighted by molar-refractivity contribution is 0.0967. The van der Waals surface area contributed by atoms with Crippen LogP contribution in [-0.4, -0.2) is 214 Å². The van der Waals surface area contributed by atoms with Gasteiger partial charge in [-0.25, -0.2) is 8.78 Å². The van der Waals surface area contributed by atoms with Gasteiger partial charge in [0.05, 0.1) is 57.3 Å². The highest BCUT2D eigenvalue weighted by Crippen LogP contribution is 2.30. The molecule has 13 aromatic carbocycles. The third-order valence-electron chi connectivity index (χ3n) is 25.7. The van der Waals surface area contributed by atoms with Gasteiger partial charge in [-0.2, -0.15) is 0 Å². The summed E-state index contributed by atoms with van der Waals surface area (Å²) in [6.07, 6.45) is 10.9. The molecule has 0 atom stereocenters. The standard InChI is InChI=1S/C27H31N3O2.C24H31N3O3.C23H20ClNO2.C23H28FN3O2.C23H20FNO2/c1-29-17-19-30(20-18-29)16-7-6-15-26(31)24-12-4-5-14-25(24)28-27(32)23-13-8-10-21-9-2-3-11-22(21)23;1-26-15-17-27(18-16-26)14-6-5-9-23(28)21-7-3-4-8-22(21)25-24(29)19-10-12-20(30-2)13-11-19;24-20-14-6-4-12-18(20)23(27)25-21-15-7-5-13-19(21)22(26)16-8-11-17-9-2-1-3-10-17;1-26-14-16-27(17-15-26)13-7-6-12-22(28)19-9-3-5-11-21(19)25-23(29)18-8-2-4-10-20(18)24;24-20-14-6-4-12-18(20)23(27)25-21-15-7-5-13-19(21)22(26)16-8-11-17-9-2-1-3-10-17/h2-5,8-14H,6-7,15-20H2,1H3,(H,28,32);3-4,7-8,10-13H,5-6,9,14-18H2,1-2H3,(H,25,29);1-7,9-10,12-15H,8,11,16H2,(H,25,27);2-5,8-11H,6-7,12-17H2,1H3,(H,25,29);1-7,9-10,12-15H,8,11,16H2,(H,25,27). The number of benzene rings is 13. The van der Waals surface area contributed by atoms with Crippen molar-refractivity contribution in [3.8, 4) is 5.75 Å². The quantitative estimate of drug-likeness (QED) is 0.0177. The fourth-order valence-electron chi connectivity index (χ4n) is 17.2. The molecule has 22 nitrogen and oxygen atoms in total. The van der Waals surface area contributed by atoms with Gasteiger partial charge in [0, 0.05) is 150 Å². The summed E-state index contributed by atoms with van der Waals surface area (Å²) < 4.78 is 32.8. The van der Waals surface area contributed by atoms with Gasteiger partial charge < -0.3 is 60.7 Å². The Balaban J connectivity index is 0.000000162. The molecule has 0 spiro atoms. The molecule has 0 bridgehead atoms. The van der Waals surface area contributed by atoms with Crippen LogP contribution in [0.5, 0.6) is 5.75 Å². The Bertz CT molecular complexity index is 6290. The van der Waals surface area contributed by atoms with E-state index < -0.39 is 23.4 Å². The minimum atomic E-state index is -0.596. The highest BCUT2D eigenvalue weighted by molar-refractivity contribution is 6.34. The van der Waals surface area contributed by atoms with E-state index in [4.69, 9.17) is 16.3 Å². The van der Waals surface area contributed by atoms with E-state index in [2.05, 4.69) is 89.3 Å². The molecule has 752 valence electrons. The van der Waals surface area contributed by atoms with E-state index in [1.54, 1.807) is 159 Å². The second-order valence-corrected chi connectivity index (χ2v) is 36.7. The maximum absolute atomic E-state index is 13.8. The number of amides is 5. The number of hydrogen-bond acceptors (Lipinski definition) is 17. The van der Waals surface area contributed by atoms with Gasteiger partial charge in [0.25, 0.3) is 29.5 Å². The molecular formula is C120H130ClF2N11O11. The third kappa shape index (κ3) is 34.9. The number of para-hydroxylation sites is 5. The molecule has 3 aliphatic rings. The van der Waals surface area contributed by atoms with Crippen LogP contribution in [0.1, 0.15) is 198 Å². The van der Waals surface area contributed by atoms with E-state index in [0.717, 1.165) is 173 Å². The number of rotatable bonds is 39. The van der Waals surface area contributed by atoms with Crippen molar-refractivity contribution in [2.75, 3.05) is 153 Å². The SMILES string of the molecule is CN1CCN(CCCCC(=O)c2ccccc2NC(=O)c2cccc3ccccc23)CC1.CN1CCN(CCCCC(=O)c2ccccc2NC(=O)c2ccccc2F)CC1.COc1ccc(C(=O)Nc2ccccc2C(=O)CCCCN2CCN(C)CC2)cc1.O=C(Nc1ccccc1C(=O)CCCc1ccccc1)c1ccccc1Cl.O=C(Nc1ccccc1C(=O)CCCc1ccccc1)c1ccccc1F. The number of hydrogen-bond donors (Lipinski definition) is 5. The summed E-state index contributed by atoms with van der Waals surface area (Å²) in [5.41, 5.74) is 8.86. The van der Waals surface area contributed by atoms with Gasteiger partial charge >= 0.3 is 0 Å². The number of Topliss-reactive ketones (excluding diaryl/α,β-unsaturated/α-hetero) is 5. The number of halogens is 3. The van der Waals surface area contributed by atoms with Crippen LogP contribution in [0.25, 0.3) is 10.8 Å². The maximum atomic E-state index is 13.8. The van der Waals surface area contributed by atoms with Crippen molar-refractivity contribution in [1.82, 2.24) is 29.4 Å². The molecule has 0 aliphatic carbocycles. The number of unbranched alkanes of at least 4 members (excludes halogenated alkanes) is 3. The van der Waals surface area contributed by atoms with E-state index in [9.17, 15) is 56.7 Å². The molecule has 0 radical (unpaired) electrons. The summed E-state index contributed by atoms with van der Waals surface area (Å²) in [6, 6.07) is 94.2. The van der Waals surface area contributed by atoms with Crippen molar-refractivity contribution >= 4 is 109 Å². The molecule has 0 saturated carbocycles. The first-order valence-electron chi connectivity index (χ1n) is 49.9. The van der Waals surface area contributed by atoms with Crippen LogP contribution < -0.4 is 31.3 Å². The number of anilines is 5. The summed E-state index contributed by atoms with van der Waals surface area (Å²) >= 11 is 6.09. The number of fused-ring (bicyclic) bond motifs is 1. The van der Waals surface area contributed by atoms with Gasteiger partial charge in [-0.3, -0.25) is 47.9 Å². The number of piperazine rings is 3. The van der Waals surface area contributed by atoms with Crippen molar-refractivity contribution < 1.29 is 61.5 Å². The molecule has 16 rings (SSSR count). The topological polar surface area (TPSA) is 260 Å². The lowest BCUT2D eigenvalue weighted by Gasteiger charge is -2.32. The van der Waals surface area contributed by atoms with Crippen LogP contribution >= 0.6 is 11.6 Å². The van der Waals surface area contributed by atoms with Crippen molar-refractivity contribution in [2.24, 2.45) is 0 Å². The second-order valence-electron chi connectivity index (χ2n) is 36.3. The Labute approximate surface area is 854 Å². The summed E-state index contributed by atoms with van der Waals surface area (Å²) in [7, 11) is 8.04. The molecule has 3 aliphatic heterocycles. The first kappa shape index (κ1) is 109. The zero-order valence-electron chi connectivity index (χ0n) is 83.1.